The van der Waals surface area contributed by atoms with Gasteiger partial charge in [0.1, 0.15) is 11.4 Å². The molecule has 4 heteroatoms. The Balaban J connectivity index is 1.32. The first kappa shape index (κ1) is 14.3. The molecule has 2 heterocycles. The molecular formula is C20H22N2O2. The van der Waals surface area contributed by atoms with Gasteiger partial charge in [-0.15, -0.1) is 0 Å². The maximum Gasteiger partial charge on any atom is 0.309 e. The lowest BCUT2D eigenvalue weighted by molar-refractivity contribution is -0.158. The molecule has 5 rings (SSSR count). The fourth-order valence-electron chi connectivity index (χ4n) is 4.09. The summed E-state index contributed by atoms with van der Waals surface area (Å²) in [5, 5.41) is 0. The van der Waals surface area contributed by atoms with Crippen molar-refractivity contribution in [1.29, 1.82) is 0 Å². The molecule has 1 aromatic carbocycles. The summed E-state index contributed by atoms with van der Waals surface area (Å²) in [5.74, 6) is 1.68. The second-order valence-electron chi connectivity index (χ2n) is 7.54. The van der Waals surface area contributed by atoms with Crippen LogP contribution in [-0.2, 0) is 22.5 Å². The van der Waals surface area contributed by atoms with Crippen LogP contribution >= 0.6 is 0 Å². The SMILES string of the molecule is O=C(OC1(C2CC2)CC1)[C@@H]1CCn2c(cnc2-c2ccccc2)C1. The van der Waals surface area contributed by atoms with E-state index in [0.29, 0.717) is 5.92 Å². The largest absolute Gasteiger partial charge is 0.459 e. The lowest BCUT2D eigenvalue weighted by Crippen LogP contribution is -2.31. The Morgan fingerprint density at radius 2 is 1.96 bits per heavy atom. The Hall–Kier alpha value is -2.10. The van der Waals surface area contributed by atoms with Crippen molar-refractivity contribution in [3.05, 3.63) is 42.2 Å². The minimum atomic E-state index is -0.0655. The number of benzene rings is 1. The minimum Gasteiger partial charge on any atom is -0.459 e. The van der Waals surface area contributed by atoms with Crippen molar-refractivity contribution < 1.29 is 9.53 Å². The van der Waals surface area contributed by atoms with Gasteiger partial charge in [-0.05, 0) is 38.0 Å². The topological polar surface area (TPSA) is 44.1 Å². The number of esters is 1. The summed E-state index contributed by atoms with van der Waals surface area (Å²) in [6.45, 7) is 0.843. The normalized spacial score (nSPS) is 24.2. The molecule has 0 spiro atoms. The summed E-state index contributed by atoms with van der Waals surface area (Å²) in [6.07, 6.45) is 8.16. The van der Waals surface area contributed by atoms with Gasteiger partial charge in [0.05, 0.1) is 5.92 Å². The maximum absolute atomic E-state index is 12.6. The van der Waals surface area contributed by atoms with Crippen molar-refractivity contribution in [2.24, 2.45) is 11.8 Å². The standard InChI is InChI=1S/C20H22N2O2/c23-19(24-20(9-10-20)16-6-7-16)15-8-11-22-17(12-15)13-21-18(22)14-4-2-1-3-5-14/h1-5,13,15-16H,6-12H2/t15-/m1/s1. The van der Waals surface area contributed by atoms with Crippen LogP contribution in [0.1, 0.15) is 37.8 Å². The molecule has 0 saturated heterocycles. The molecule has 0 N–H and O–H groups in total. The summed E-state index contributed by atoms with van der Waals surface area (Å²) in [5.41, 5.74) is 2.22. The van der Waals surface area contributed by atoms with Gasteiger partial charge in [0.2, 0.25) is 0 Å². The van der Waals surface area contributed by atoms with E-state index in [2.05, 4.69) is 21.7 Å². The van der Waals surface area contributed by atoms with Crippen LogP contribution in [0.2, 0.25) is 0 Å². The fraction of sp³-hybridized carbons (Fsp3) is 0.500. The molecule has 2 fully saturated rings. The van der Waals surface area contributed by atoms with Crippen LogP contribution in [0.25, 0.3) is 11.4 Å². The molecule has 0 unspecified atom stereocenters. The molecule has 1 aliphatic heterocycles. The average molecular weight is 322 g/mol. The quantitative estimate of drug-likeness (QED) is 0.808. The van der Waals surface area contributed by atoms with Crippen molar-refractivity contribution in [3.8, 4) is 11.4 Å². The van der Waals surface area contributed by atoms with E-state index >= 15 is 0 Å². The van der Waals surface area contributed by atoms with Crippen molar-refractivity contribution in [2.45, 2.75) is 50.7 Å². The molecule has 1 aromatic heterocycles. The van der Waals surface area contributed by atoms with Crippen molar-refractivity contribution in [1.82, 2.24) is 9.55 Å². The summed E-state index contributed by atoms with van der Waals surface area (Å²) < 4.78 is 8.21. The van der Waals surface area contributed by atoms with Crippen LogP contribution in [0.15, 0.2) is 36.5 Å². The van der Waals surface area contributed by atoms with Gasteiger partial charge >= 0.3 is 5.97 Å². The molecule has 3 aliphatic rings. The highest BCUT2D eigenvalue weighted by atomic mass is 16.6. The number of nitrogens with zero attached hydrogens (tertiary/aromatic N) is 2. The van der Waals surface area contributed by atoms with Gasteiger partial charge < -0.3 is 9.30 Å². The van der Waals surface area contributed by atoms with E-state index in [1.54, 1.807) is 0 Å². The van der Waals surface area contributed by atoms with Gasteiger partial charge in [0.15, 0.2) is 0 Å². The number of ether oxygens (including phenoxy) is 1. The van der Waals surface area contributed by atoms with Crippen LogP contribution < -0.4 is 0 Å². The first-order valence-electron chi connectivity index (χ1n) is 9.08. The lowest BCUT2D eigenvalue weighted by atomic mass is 9.96. The van der Waals surface area contributed by atoms with Crippen LogP contribution in [0, 0.1) is 11.8 Å². The van der Waals surface area contributed by atoms with Crippen LogP contribution in [0.4, 0.5) is 0 Å². The van der Waals surface area contributed by atoms with Crippen molar-refractivity contribution in [2.75, 3.05) is 0 Å². The molecule has 124 valence electrons. The van der Waals surface area contributed by atoms with E-state index in [4.69, 9.17) is 4.74 Å². The zero-order chi connectivity index (χ0) is 16.1. The Labute approximate surface area is 141 Å². The lowest BCUT2D eigenvalue weighted by Gasteiger charge is -2.26. The predicted octanol–water partition coefficient (Wildman–Crippen LogP) is 3.60. The van der Waals surface area contributed by atoms with Gasteiger partial charge in [-0.3, -0.25) is 4.79 Å². The highest BCUT2D eigenvalue weighted by Gasteiger charge is 2.57. The van der Waals surface area contributed by atoms with E-state index in [9.17, 15) is 4.79 Å². The third-order valence-electron chi connectivity index (χ3n) is 5.83. The van der Waals surface area contributed by atoms with Gasteiger partial charge in [-0.2, -0.15) is 0 Å². The monoisotopic (exact) mass is 322 g/mol. The second kappa shape index (κ2) is 5.20. The first-order chi connectivity index (χ1) is 11.8. The molecule has 0 bridgehead atoms. The van der Waals surface area contributed by atoms with Crippen LogP contribution in [-0.4, -0.2) is 21.1 Å². The average Bonchev–Trinajstić information content (AvgIpc) is 3.53. The van der Waals surface area contributed by atoms with Crippen molar-refractivity contribution >= 4 is 5.97 Å². The highest BCUT2D eigenvalue weighted by Crippen LogP contribution is 2.56. The van der Waals surface area contributed by atoms with Crippen LogP contribution in [0.5, 0.6) is 0 Å². The van der Waals surface area contributed by atoms with Crippen LogP contribution in [0.3, 0.4) is 0 Å². The summed E-state index contributed by atoms with van der Waals surface area (Å²) >= 11 is 0. The van der Waals surface area contributed by atoms with Gasteiger partial charge in [0.25, 0.3) is 0 Å². The molecule has 4 nitrogen and oxygen atoms in total. The highest BCUT2D eigenvalue weighted by molar-refractivity contribution is 5.74. The second-order valence-corrected chi connectivity index (χ2v) is 7.54. The Kier molecular flexibility index (Phi) is 3.09. The number of fused-ring (bicyclic) bond motifs is 1. The summed E-state index contributed by atoms with van der Waals surface area (Å²) in [7, 11) is 0. The third-order valence-corrected chi connectivity index (χ3v) is 5.83. The van der Waals surface area contributed by atoms with Gasteiger partial charge in [-0.25, -0.2) is 4.98 Å². The number of carbonyl (C=O) groups is 1. The van der Waals surface area contributed by atoms with E-state index in [0.717, 1.165) is 49.3 Å². The fourth-order valence-corrected chi connectivity index (χ4v) is 4.09. The number of hydrogen-bond donors (Lipinski definition) is 0. The molecule has 0 radical (unpaired) electrons. The zero-order valence-corrected chi connectivity index (χ0v) is 13.8. The predicted molar refractivity (Wildman–Crippen MR) is 90.3 cm³/mol. The summed E-state index contributed by atoms with van der Waals surface area (Å²) in [4.78, 5) is 17.2. The smallest absolute Gasteiger partial charge is 0.309 e. The Morgan fingerprint density at radius 1 is 1.17 bits per heavy atom. The summed E-state index contributed by atoms with van der Waals surface area (Å²) in [6, 6.07) is 10.3. The van der Waals surface area contributed by atoms with E-state index in [1.807, 2.05) is 24.4 Å². The number of aromatic nitrogens is 2. The number of hydrogen-bond acceptors (Lipinski definition) is 3. The Bertz CT molecular complexity index is 772. The van der Waals surface area contributed by atoms with Crippen molar-refractivity contribution in [3.63, 3.8) is 0 Å². The number of carbonyl (C=O) groups excluding carboxylic acids is 1. The number of imidazole rings is 1. The zero-order valence-electron chi connectivity index (χ0n) is 13.8. The number of rotatable bonds is 4. The van der Waals surface area contributed by atoms with E-state index in [-0.39, 0.29) is 17.5 Å². The van der Waals surface area contributed by atoms with E-state index < -0.39 is 0 Å². The molecule has 0 amide bonds. The first-order valence-corrected chi connectivity index (χ1v) is 9.08. The van der Waals surface area contributed by atoms with E-state index in [1.165, 1.54) is 12.8 Å². The molecule has 1 atom stereocenters. The van der Waals surface area contributed by atoms with Gasteiger partial charge in [0, 0.05) is 30.4 Å². The molecule has 24 heavy (non-hydrogen) atoms. The maximum atomic E-state index is 12.6. The van der Waals surface area contributed by atoms with Gasteiger partial charge in [-0.1, -0.05) is 30.3 Å². The third kappa shape index (κ3) is 2.36. The molecule has 2 aromatic rings. The minimum absolute atomic E-state index is 0.00551. The Morgan fingerprint density at radius 3 is 2.67 bits per heavy atom. The molecular weight excluding hydrogens is 300 g/mol. The molecule has 2 saturated carbocycles. The molecule has 2 aliphatic carbocycles.